The summed E-state index contributed by atoms with van der Waals surface area (Å²) in [5.74, 6) is 0. The zero-order chi connectivity index (χ0) is 9.80. The van der Waals surface area contributed by atoms with E-state index in [4.69, 9.17) is 11.6 Å². The Morgan fingerprint density at radius 1 is 1.36 bits per heavy atom. The SMILES string of the molecule is Clc1ccc(NCC[C@@H]2CCN2)cc1. The van der Waals surface area contributed by atoms with Crippen LogP contribution in [0.15, 0.2) is 24.3 Å². The molecule has 0 saturated carbocycles. The summed E-state index contributed by atoms with van der Waals surface area (Å²) in [6, 6.07) is 8.57. The van der Waals surface area contributed by atoms with Crippen LogP contribution in [0.3, 0.4) is 0 Å². The van der Waals surface area contributed by atoms with E-state index in [1.54, 1.807) is 0 Å². The minimum atomic E-state index is 0.731. The molecule has 1 aliphatic rings. The van der Waals surface area contributed by atoms with Crippen molar-refractivity contribution in [1.82, 2.24) is 5.32 Å². The Kier molecular flexibility index (Phi) is 3.27. The van der Waals surface area contributed by atoms with Crippen molar-refractivity contribution in [3.05, 3.63) is 29.3 Å². The molecule has 76 valence electrons. The normalized spacial score (nSPS) is 20.2. The highest BCUT2D eigenvalue weighted by Gasteiger charge is 2.14. The minimum absolute atomic E-state index is 0.731. The first-order valence-electron chi connectivity index (χ1n) is 5.07. The number of rotatable bonds is 4. The van der Waals surface area contributed by atoms with Crippen LogP contribution in [0.4, 0.5) is 5.69 Å². The fourth-order valence-corrected chi connectivity index (χ4v) is 1.68. The van der Waals surface area contributed by atoms with Crippen LogP contribution in [-0.4, -0.2) is 19.1 Å². The molecule has 2 N–H and O–H groups in total. The molecule has 0 radical (unpaired) electrons. The highest BCUT2D eigenvalue weighted by molar-refractivity contribution is 6.30. The van der Waals surface area contributed by atoms with Gasteiger partial charge in [0, 0.05) is 23.3 Å². The lowest BCUT2D eigenvalue weighted by Crippen LogP contribution is -2.43. The lowest BCUT2D eigenvalue weighted by Gasteiger charge is -2.27. The molecule has 0 amide bonds. The Bertz CT molecular complexity index is 280. The van der Waals surface area contributed by atoms with Gasteiger partial charge in [-0.05, 0) is 43.7 Å². The molecular formula is C11H15ClN2. The highest BCUT2D eigenvalue weighted by atomic mass is 35.5. The number of benzene rings is 1. The van der Waals surface area contributed by atoms with Crippen molar-refractivity contribution >= 4 is 17.3 Å². The van der Waals surface area contributed by atoms with E-state index in [2.05, 4.69) is 10.6 Å². The van der Waals surface area contributed by atoms with Crippen LogP contribution in [-0.2, 0) is 0 Å². The van der Waals surface area contributed by atoms with Gasteiger partial charge < -0.3 is 10.6 Å². The van der Waals surface area contributed by atoms with Gasteiger partial charge in [0.25, 0.3) is 0 Å². The number of anilines is 1. The first-order chi connectivity index (χ1) is 6.84. The van der Waals surface area contributed by atoms with Crippen LogP contribution < -0.4 is 10.6 Å². The molecule has 1 fully saturated rings. The van der Waals surface area contributed by atoms with Crippen LogP contribution >= 0.6 is 11.6 Å². The summed E-state index contributed by atoms with van der Waals surface area (Å²) in [5.41, 5.74) is 1.15. The van der Waals surface area contributed by atoms with Crippen molar-refractivity contribution in [3.8, 4) is 0 Å². The fraction of sp³-hybridized carbons (Fsp3) is 0.455. The quantitative estimate of drug-likeness (QED) is 0.798. The van der Waals surface area contributed by atoms with Gasteiger partial charge in [-0.15, -0.1) is 0 Å². The smallest absolute Gasteiger partial charge is 0.0407 e. The maximum absolute atomic E-state index is 5.79. The van der Waals surface area contributed by atoms with Gasteiger partial charge in [0.2, 0.25) is 0 Å². The van der Waals surface area contributed by atoms with Gasteiger partial charge in [-0.2, -0.15) is 0 Å². The highest BCUT2D eigenvalue weighted by Crippen LogP contribution is 2.14. The third-order valence-electron chi connectivity index (χ3n) is 2.59. The molecule has 2 rings (SSSR count). The van der Waals surface area contributed by atoms with Gasteiger partial charge in [0.05, 0.1) is 0 Å². The zero-order valence-corrected chi connectivity index (χ0v) is 8.85. The summed E-state index contributed by atoms with van der Waals surface area (Å²) in [7, 11) is 0. The molecule has 0 aromatic heterocycles. The molecule has 14 heavy (non-hydrogen) atoms. The Morgan fingerprint density at radius 3 is 2.64 bits per heavy atom. The third-order valence-corrected chi connectivity index (χ3v) is 2.84. The van der Waals surface area contributed by atoms with Crippen molar-refractivity contribution in [2.24, 2.45) is 0 Å². The van der Waals surface area contributed by atoms with Crippen LogP contribution in [0.1, 0.15) is 12.8 Å². The van der Waals surface area contributed by atoms with Crippen molar-refractivity contribution in [2.45, 2.75) is 18.9 Å². The molecule has 0 spiro atoms. The lowest BCUT2D eigenvalue weighted by molar-refractivity contribution is 0.358. The van der Waals surface area contributed by atoms with Gasteiger partial charge in [-0.3, -0.25) is 0 Å². The second-order valence-corrected chi connectivity index (χ2v) is 4.10. The first-order valence-corrected chi connectivity index (χ1v) is 5.45. The lowest BCUT2D eigenvalue weighted by atomic mass is 10.0. The number of hydrogen-bond donors (Lipinski definition) is 2. The third kappa shape index (κ3) is 2.63. The predicted octanol–water partition coefficient (Wildman–Crippen LogP) is 2.50. The maximum Gasteiger partial charge on any atom is 0.0407 e. The van der Waals surface area contributed by atoms with Crippen LogP contribution in [0.5, 0.6) is 0 Å². The molecule has 3 heteroatoms. The van der Waals surface area contributed by atoms with E-state index in [9.17, 15) is 0 Å². The summed E-state index contributed by atoms with van der Waals surface area (Å²) in [5, 5.41) is 7.54. The molecule has 0 bridgehead atoms. The molecule has 1 heterocycles. The summed E-state index contributed by atoms with van der Waals surface area (Å²) in [6.45, 7) is 2.21. The van der Waals surface area contributed by atoms with E-state index in [0.29, 0.717) is 0 Å². The number of halogens is 1. The van der Waals surface area contributed by atoms with E-state index in [0.717, 1.165) is 23.3 Å². The Hall–Kier alpha value is -0.730. The van der Waals surface area contributed by atoms with Gasteiger partial charge >= 0.3 is 0 Å². The monoisotopic (exact) mass is 210 g/mol. The van der Waals surface area contributed by atoms with Crippen LogP contribution in [0.25, 0.3) is 0 Å². The molecule has 0 unspecified atom stereocenters. The summed E-state index contributed by atoms with van der Waals surface area (Å²) in [6.07, 6.45) is 2.52. The zero-order valence-electron chi connectivity index (χ0n) is 8.09. The van der Waals surface area contributed by atoms with Crippen LogP contribution in [0, 0.1) is 0 Å². The number of hydrogen-bond acceptors (Lipinski definition) is 2. The van der Waals surface area contributed by atoms with E-state index in [1.165, 1.54) is 19.4 Å². The van der Waals surface area contributed by atoms with E-state index < -0.39 is 0 Å². The predicted molar refractivity (Wildman–Crippen MR) is 61.0 cm³/mol. The Balaban J connectivity index is 1.71. The topological polar surface area (TPSA) is 24.1 Å². The van der Waals surface area contributed by atoms with Crippen molar-refractivity contribution in [1.29, 1.82) is 0 Å². The standard InChI is InChI=1S/C11H15ClN2/c12-9-1-3-10(4-2-9)13-7-5-11-6-8-14-11/h1-4,11,13-14H,5-8H2/t11-/m1/s1. The minimum Gasteiger partial charge on any atom is -0.385 e. The molecule has 0 aliphatic carbocycles. The first kappa shape index (κ1) is 9.81. The van der Waals surface area contributed by atoms with Gasteiger partial charge in [0.15, 0.2) is 0 Å². The van der Waals surface area contributed by atoms with E-state index in [1.807, 2.05) is 24.3 Å². The summed E-state index contributed by atoms with van der Waals surface area (Å²) < 4.78 is 0. The van der Waals surface area contributed by atoms with Crippen molar-refractivity contribution in [2.75, 3.05) is 18.4 Å². The maximum atomic E-state index is 5.79. The van der Waals surface area contributed by atoms with Gasteiger partial charge in [-0.1, -0.05) is 11.6 Å². The average molecular weight is 211 g/mol. The summed E-state index contributed by atoms with van der Waals surface area (Å²) in [4.78, 5) is 0. The largest absolute Gasteiger partial charge is 0.385 e. The summed E-state index contributed by atoms with van der Waals surface area (Å²) >= 11 is 5.79. The van der Waals surface area contributed by atoms with Crippen molar-refractivity contribution < 1.29 is 0 Å². The second kappa shape index (κ2) is 4.67. The molecule has 1 aromatic carbocycles. The number of nitrogens with one attached hydrogen (secondary N) is 2. The van der Waals surface area contributed by atoms with Crippen LogP contribution in [0.2, 0.25) is 5.02 Å². The molecule has 1 atom stereocenters. The van der Waals surface area contributed by atoms with Gasteiger partial charge in [-0.25, -0.2) is 0 Å². The molecule has 1 saturated heterocycles. The van der Waals surface area contributed by atoms with E-state index in [-0.39, 0.29) is 0 Å². The fourth-order valence-electron chi connectivity index (χ4n) is 1.55. The van der Waals surface area contributed by atoms with E-state index >= 15 is 0 Å². The second-order valence-electron chi connectivity index (χ2n) is 3.66. The average Bonchev–Trinajstić information content (AvgIpc) is 2.12. The molecule has 1 aliphatic heterocycles. The molecular weight excluding hydrogens is 196 g/mol. The van der Waals surface area contributed by atoms with Crippen molar-refractivity contribution in [3.63, 3.8) is 0 Å². The molecule has 2 nitrogen and oxygen atoms in total. The Morgan fingerprint density at radius 2 is 2.07 bits per heavy atom. The Labute approximate surface area is 89.7 Å². The van der Waals surface area contributed by atoms with Gasteiger partial charge in [0.1, 0.15) is 0 Å². The molecule has 1 aromatic rings.